The zero-order chi connectivity index (χ0) is 11.9. The number of hydrogen-bond donors (Lipinski definition) is 0. The Labute approximate surface area is 103 Å². The Bertz CT molecular complexity index is 352. The predicted molar refractivity (Wildman–Crippen MR) is 69.6 cm³/mol. The van der Waals surface area contributed by atoms with Gasteiger partial charge in [-0.3, -0.25) is 0 Å². The van der Waals surface area contributed by atoms with Gasteiger partial charge in [-0.1, -0.05) is 30.3 Å². The molecular weight excluding hydrogens is 212 g/mol. The number of hydrogen-bond acceptors (Lipinski definition) is 2. The number of ether oxygens (including phenoxy) is 2. The minimum absolute atomic E-state index is 0.776. The first-order valence-electron chi connectivity index (χ1n) is 6.28. The summed E-state index contributed by atoms with van der Waals surface area (Å²) in [5.74, 6) is 0.776. The highest BCUT2D eigenvalue weighted by atomic mass is 16.5. The summed E-state index contributed by atoms with van der Waals surface area (Å²) in [5.41, 5.74) is 2.40. The van der Waals surface area contributed by atoms with E-state index in [0.29, 0.717) is 0 Å². The zero-order valence-corrected chi connectivity index (χ0v) is 10.4. The lowest BCUT2D eigenvalue weighted by Gasteiger charge is -2.25. The van der Waals surface area contributed by atoms with Crippen molar-refractivity contribution in [3.8, 4) is 0 Å². The van der Waals surface area contributed by atoms with Crippen LogP contribution in [0.1, 0.15) is 25.3 Å². The summed E-state index contributed by atoms with van der Waals surface area (Å²) < 4.78 is 10.7. The van der Waals surface area contributed by atoms with Gasteiger partial charge < -0.3 is 9.47 Å². The molecule has 0 amide bonds. The smallest absolute Gasteiger partial charge is 0.0873 e. The topological polar surface area (TPSA) is 18.5 Å². The first kappa shape index (κ1) is 12.2. The zero-order valence-electron chi connectivity index (χ0n) is 10.4. The quantitative estimate of drug-likeness (QED) is 0.552. The fourth-order valence-electron chi connectivity index (χ4n) is 1.86. The van der Waals surface area contributed by atoms with Crippen molar-refractivity contribution >= 4 is 5.57 Å². The van der Waals surface area contributed by atoms with Gasteiger partial charge in [0.15, 0.2) is 0 Å². The van der Waals surface area contributed by atoms with E-state index >= 15 is 0 Å². The van der Waals surface area contributed by atoms with Gasteiger partial charge in [0.2, 0.25) is 0 Å². The van der Waals surface area contributed by atoms with Gasteiger partial charge in [-0.2, -0.15) is 0 Å². The van der Waals surface area contributed by atoms with E-state index in [1.165, 1.54) is 17.6 Å². The van der Waals surface area contributed by atoms with Crippen LogP contribution in [0.5, 0.6) is 0 Å². The van der Waals surface area contributed by atoms with E-state index < -0.39 is 0 Å². The molecule has 0 spiro atoms. The summed E-state index contributed by atoms with van der Waals surface area (Å²) in [6, 6.07) is 10.3. The van der Waals surface area contributed by atoms with Gasteiger partial charge in [0.25, 0.3) is 0 Å². The summed E-state index contributed by atoms with van der Waals surface area (Å²) in [6.07, 6.45) is 4.21. The molecule has 1 aromatic carbocycles. The molecule has 2 rings (SSSR count). The molecule has 0 aliphatic carbocycles. The van der Waals surface area contributed by atoms with Crippen LogP contribution < -0.4 is 0 Å². The molecule has 0 radical (unpaired) electrons. The molecule has 0 bridgehead atoms. The summed E-state index contributed by atoms with van der Waals surface area (Å²) in [4.78, 5) is 0. The van der Waals surface area contributed by atoms with Gasteiger partial charge >= 0.3 is 0 Å². The summed E-state index contributed by atoms with van der Waals surface area (Å²) in [6.45, 7) is 4.77. The van der Waals surface area contributed by atoms with Crippen LogP contribution >= 0.6 is 0 Å². The van der Waals surface area contributed by atoms with Crippen LogP contribution in [-0.2, 0) is 9.47 Å². The molecule has 0 unspecified atom stereocenters. The third kappa shape index (κ3) is 3.90. The second-order valence-electron chi connectivity index (χ2n) is 4.58. The molecular formula is C15H20O2. The van der Waals surface area contributed by atoms with Gasteiger partial charge in [-0.25, -0.2) is 0 Å². The van der Waals surface area contributed by atoms with Crippen LogP contribution in [0.3, 0.4) is 0 Å². The van der Waals surface area contributed by atoms with Crippen LogP contribution in [0.4, 0.5) is 0 Å². The average molecular weight is 232 g/mol. The van der Waals surface area contributed by atoms with E-state index in [0.717, 1.165) is 32.2 Å². The Morgan fingerprint density at radius 1 is 1.35 bits per heavy atom. The number of rotatable bonds is 6. The normalized spacial score (nSPS) is 16.6. The van der Waals surface area contributed by atoms with E-state index in [4.69, 9.17) is 9.47 Å². The lowest BCUT2D eigenvalue weighted by molar-refractivity contribution is -0.0378. The molecule has 1 aromatic rings. The molecule has 0 N–H and O–H groups in total. The Morgan fingerprint density at radius 3 is 2.76 bits per heavy atom. The Hall–Kier alpha value is -1.28. The van der Waals surface area contributed by atoms with Gasteiger partial charge in [0, 0.05) is 5.92 Å². The molecule has 1 fully saturated rings. The molecule has 92 valence electrons. The van der Waals surface area contributed by atoms with Crippen molar-refractivity contribution in [1.29, 1.82) is 0 Å². The average Bonchev–Trinajstić information content (AvgIpc) is 2.32. The standard InChI is InChI=1S/C15H20O2/c1-13(15-7-3-2-4-8-15)10-16-9-5-6-14-11-17-12-14/h2-4,7-8,10,14H,5-6,9,11-12H2,1H3/b13-10-. The molecule has 2 heteroatoms. The van der Waals surface area contributed by atoms with Crippen LogP contribution in [0.2, 0.25) is 0 Å². The number of allylic oxidation sites excluding steroid dienone is 1. The maximum absolute atomic E-state index is 5.57. The fraction of sp³-hybridized carbons (Fsp3) is 0.467. The molecule has 0 aromatic heterocycles. The second kappa shape index (κ2) is 6.45. The highest BCUT2D eigenvalue weighted by Gasteiger charge is 2.17. The van der Waals surface area contributed by atoms with Crippen molar-refractivity contribution in [2.75, 3.05) is 19.8 Å². The van der Waals surface area contributed by atoms with E-state index in [-0.39, 0.29) is 0 Å². The summed E-state index contributed by atoms with van der Waals surface area (Å²) >= 11 is 0. The van der Waals surface area contributed by atoms with Crippen LogP contribution in [0, 0.1) is 5.92 Å². The van der Waals surface area contributed by atoms with E-state index in [2.05, 4.69) is 19.1 Å². The van der Waals surface area contributed by atoms with Crippen LogP contribution in [-0.4, -0.2) is 19.8 Å². The highest BCUT2D eigenvalue weighted by Crippen LogP contribution is 2.16. The molecule has 1 saturated heterocycles. The molecule has 1 aliphatic rings. The van der Waals surface area contributed by atoms with Crippen molar-refractivity contribution < 1.29 is 9.47 Å². The van der Waals surface area contributed by atoms with Crippen LogP contribution in [0.25, 0.3) is 5.57 Å². The van der Waals surface area contributed by atoms with Gasteiger partial charge in [0.05, 0.1) is 26.1 Å². The van der Waals surface area contributed by atoms with Gasteiger partial charge in [-0.05, 0) is 30.9 Å². The molecule has 1 heterocycles. The van der Waals surface area contributed by atoms with Crippen molar-refractivity contribution in [1.82, 2.24) is 0 Å². The monoisotopic (exact) mass is 232 g/mol. The Morgan fingerprint density at radius 2 is 2.12 bits per heavy atom. The lowest BCUT2D eigenvalue weighted by Crippen LogP contribution is -2.27. The minimum atomic E-state index is 0.776. The molecule has 1 aliphatic heterocycles. The maximum Gasteiger partial charge on any atom is 0.0873 e. The summed E-state index contributed by atoms with van der Waals surface area (Å²) in [5, 5.41) is 0. The van der Waals surface area contributed by atoms with Crippen molar-refractivity contribution in [3.05, 3.63) is 42.2 Å². The largest absolute Gasteiger partial charge is 0.501 e. The Balaban J connectivity index is 1.65. The minimum Gasteiger partial charge on any atom is -0.501 e. The first-order chi connectivity index (χ1) is 8.36. The lowest BCUT2D eigenvalue weighted by atomic mass is 10.0. The summed E-state index contributed by atoms with van der Waals surface area (Å²) in [7, 11) is 0. The molecule has 2 nitrogen and oxygen atoms in total. The van der Waals surface area contributed by atoms with Gasteiger partial charge in [-0.15, -0.1) is 0 Å². The SMILES string of the molecule is C/C(=C/OCCCC1COC1)c1ccccc1. The molecule has 0 saturated carbocycles. The van der Waals surface area contributed by atoms with E-state index in [1.807, 2.05) is 24.5 Å². The second-order valence-corrected chi connectivity index (χ2v) is 4.58. The third-order valence-corrected chi connectivity index (χ3v) is 3.07. The molecule has 0 atom stereocenters. The van der Waals surface area contributed by atoms with Crippen molar-refractivity contribution in [2.45, 2.75) is 19.8 Å². The first-order valence-corrected chi connectivity index (χ1v) is 6.28. The van der Waals surface area contributed by atoms with E-state index in [1.54, 1.807) is 0 Å². The van der Waals surface area contributed by atoms with Crippen LogP contribution in [0.15, 0.2) is 36.6 Å². The van der Waals surface area contributed by atoms with Crippen molar-refractivity contribution in [2.24, 2.45) is 5.92 Å². The third-order valence-electron chi connectivity index (χ3n) is 3.07. The molecule has 17 heavy (non-hydrogen) atoms. The van der Waals surface area contributed by atoms with Crippen molar-refractivity contribution in [3.63, 3.8) is 0 Å². The Kier molecular flexibility index (Phi) is 4.63. The fourth-order valence-corrected chi connectivity index (χ4v) is 1.86. The maximum atomic E-state index is 5.57. The predicted octanol–water partition coefficient (Wildman–Crippen LogP) is 3.49. The highest BCUT2D eigenvalue weighted by molar-refractivity contribution is 5.62. The van der Waals surface area contributed by atoms with E-state index in [9.17, 15) is 0 Å². The van der Waals surface area contributed by atoms with Gasteiger partial charge in [0.1, 0.15) is 0 Å². The number of benzene rings is 1.